The molecular weight excluding hydrogens is 330 g/mol. The topological polar surface area (TPSA) is 61.9 Å². The molecule has 6 nitrogen and oxygen atoms in total. The van der Waals surface area contributed by atoms with E-state index in [1.54, 1.807) is 13.2 Å². The van der Waals surface area contributed by atoms with Gasteiger partial charge in [-0.3, -0.25) is 4.79 Å². The van der Waals surface area contributed by atoms with E-state index in [9.17, 15) is 9.59 Å². The summed E-state index contributed by atoms with van der Waals surface area (Å²) in [5.74, 6) is 0.868. The maximum absolute atomic E-state index is 12.6. The molecule has 0 atom stereocenters. The lowest BCUT2D eigenvalue weighted by molar-refractivity contribution is -0.138. The Morgan fingerprint density at radius 2 is 2.04 bits per heavy atom. The molecule has 3 rings (SSSR count). The first kappa shape index (κ1) is 18.3. The molecule has 2 fully saturated rings. The Bertz CT molecular complexity index is 681. The molecule has 1 spiro atoms. The standard InChI is InChI=1S/C20H27N3O3/c1-3-12-23-15-20(9-8-18(23)24)10-13-22(14-11-20)19(25)21-16-6-4-5-7-17(16)26-2/h3-7H,1,8-15H2,2H3,(H,21,25). The fourth-order valence-electron chi connectivity index (χ4n) is 3.96. The van der Waals surface area contributed by atoms with E-state index < -0.39 is 0 Å². The van der Waals surface area contributed by atoms with Gasteiger partial charge in [-0.05, 0) is 36.8 Å². The number of nitrogens with zero attached hydrogens (tertiary/aromatic N) is 2. The Hall–Kier alpha value is -2.50. The van der Waals surface area contributed by atoms with Crippen molar-refractivity contribution in [3.8, 4) is 5.75 Å². The normalized spacial score (nSPS) is 19.3. The Labute approximate surface area is 154 Å². The summed E-state index contributed by atoms with van der Waals surface area (Å²) >= 11 is 0. The summed E-state index contributed by atoms with van der Waals surface area (Å²) in [7, 11) is 1.59. The van der Waals surface area contributed by atoms with Crippen LogP contribution in [0.4, 0.5) is 10.5 Å². The fourth-order valence-corrected chi connectivity index (χ4v) is 3.96. The van der Waals surface area contributed by atoms with Crippen molar-refractivity contribution in [1.82, 2.24) is 9.80 Å². The highest BCUT2D eigenvalue weighted by Gasteiger charge is 2.41. The number of anilines is 1. The number of likely N-dealkylation sites (tertiary alicyclic amines) is 2. The van der Waals surface area contributed by atoms with Gasteiger partial charge in [0.05, 0.1) is 12.8 Å². The molecule has 26 heavy (non-hydrogen) atoms. The van der Waals surface area contributed by atoms with Crippen LogP contribution in [0.15, 0.2) is 36.9 Å². The molecule has 1 N–H and O–H groups in total. The molecule has 0 radical (unpaired) electrons. The Kier molecular flexibility index (Phi) is 5.49. The van der Waals surface area contributed by atoms with E-state index in [2.05, 4.69) is 11.9 Å². The lowest BCUT2D eigenvalue weighted by Crippen LogP contribution is -2.52. The zero-order valence-corrected chi connectivity index (χ0v) is 15.4. The zero-order valence-electron chi connectivity index (χ0n) is 15.4. The fraction of sp³-hybridized carbons (Fsp3) is 0.500. The summed E-state index contributed by atoms with van der Waals surface area (Å²) in [6, 6.07) is 7.31. The summed E-state index contributed by atoms with van der Waals surface area (Å²) in [6.45, 7) is 6.54. The number of carbonyl (C=O) groups is 2. The van der Waals surface area contributed by atoms with Crippen molar-refractivity contribution in [3.05, 3.63) is 36.9 Å². The Morgan fingerprint density at radius 1 is 1.31 bits per heavy atom. The van der Waals surface area contributed by atoms with Gasteiger partial charge in [0, 0.05) is 32.6 Å². The maximum Gasteiger partial charge on any atom is 0.321 e. The number of ether oxygens (including phenoxy) is 1. The third kappa shape index (κ3) is 3.84. The van der Waals surface area contributed by atoms with Gasteiger partial charge in [-0.1, -0.05) is 18.2 Å². The molecule has 6 heteroatoms. The highest BCUT2D eigenvalue weighted by molar-refractivity contribution is 5.91. The van der Waals surface area contributed by atoms with Crippen LogP contribution in [0.2, 0.25) is 0 Å². The number of amides is 3. The highest BCUT2D eigenvalue weighted by atomic mass is 16.5. The number of nitrogens with one attached hydrogen (secondary N) is 1. The highest BCUT2D eigenvalue weighted by Crippen LogP contribution is 2.40. The number of hydrogen-bond acceptors (Lipinski definition) is 3. The number of piperidine rings is 2. The molecule has 140 valence electrons. The van der Waals surface area contributed by atoms with Crippen molar-refractivity contribution in [2.24, 2.45) is 5.41 Å². The van der Waals surface area contributed by atoms with E-state index in [0.717, 1.165) is 25.8 Å². The summed E-state index contributed by atoms with van der Waals surface area (Å²) in [5.41, 5.74) is 0.818. The number of rotatable bonds is 4. The van der Waals surface area contributed by atoms with Crippen molar-refractivity contribution < 1.29 is 14.3 Å². The number of methoxy groups -OCH3 is 1. The Balaban J connectivity index is 1.58. The minimum atomic E-state index is -0.0980. The van der Waals surface area contributed by atoms with E-state index in [4.69, 9.17) is 4.74 Å². The van der Waals surface area contributed by atoms with Gasteiger partial charge in [0.15, 0.2) is 0 Å². The molecule has 0 unspecified atom stereocenters. The molecule has 3 amide bonds. The van der Waals surface area contributed by atoms with E-state index >= 15 is 0 Å². The van der Waals surface area contributed by atoms with Gasteiger partial charge in [0.1, 0.15) is 5.75 Å². The van der Waals surface area contributed by atoms with Crippen molar-refractivity contribution >= 4 is 17.6 Å². The third-order valence-corrected chi connectivity index (χ3v) is 5.56. The van der Waals surface area contributed by atoms with E-state index in [0.29, 0.717) is 37.5 Å². The molecule has 1 aromatic rings. The monoisotopic (exact) mass is 357 g/mol. The molecule has 0 aliphatic carbocycles. The number of carbonyl (C=O) groups excluding carboxylic acids is 2. The molecule has 1 aromatic carbocycles. The zero-order chi connectivity index (χ0) is 18.6. The molecular formula is C20H27N3O3. The van der Waals surface area contributed by atoms with Gasteiger partial charge >= 0.3 is 6.03 Å². The van der Waals surface area contributed by atoms with Crippen LogP contribution in [0.25, 0.3) is 0 Å². The van der Waals surface area contributed by atoms with Crippen molar-refractivity contribution in [2.45, 2.75) is 25.7 Å². The molecule has 0 aromatic heterocycles. The maximum atomic E-state index is 12.6. The van der Waals surface area contributed by atoms with Crippen LogP contribution >= 0.6 is 0 Å². The van der Waals surface area contributed by atoms with Gasteiger partial charge in [0.2, 0.25) is 5.91 Å². The van der Waals surface area contributed by atoms with E-state index in [-0.39, 0.29) is 17.4 Å². The van der Waals surface area contributed by atoms with Crippen LogP contribution in [0, 0.1) is 5.41 Å². The van der Waals surface area contributed by atoms with E-state index in [1.807, 2.05) is 34.1 Å². The van der Waals surface area contributed by atoms with Gasteiger partial charge in [-0.25, -0.2) is 4.79 Å². The van der Waals surface area contributed by atoms with Gasteiger partial charge in [0.25, 0.3) is 0 Å². The van der Waals surface area contributed by atoms with Crippen LogP contribution in [0.5, 0.6) is 5.75 Å². The van der Waals surface area contributed by atoms with Gasteiger partial charge in [-0.2, -0.15) is 0 Å². The van der Waals surface area contributed by atoms with Crippen LogP contribution in [-0.4, -0.2) is 55.0 Å². The second-order valence-corrected chi connectivity index (χ2v) is 7.18. The second kappa shape index (κ2) is 7.81. The number of para-hydroxylation sites is 2. The lowest BCUT2D eigenvalue weighted by Gasteiger charge is -2.47. The molecule has 0 bridgehead atoms. The number of hydrogen-bond donors (Lipinski definition) is 1. The number of urea groups is 1. The lowest BCUT2D eigenvalue weighted by atomic mass is 9.72. The van der Waals surface area contributed by atoms with Gasteiger partial charge in [-0.15, -0.1) is 6.58 Å². The molecule has 2 aliphatic rings. The second-order valence-electron chi connectivity index (χ2n) is 7.18. The predicted octanol–water partition coefficient (Wildman–Crippen LogP) is 3.12. The minimum Gasteiger partial charge on any atom is -0.495 e. The average molecular weight is 357 g/mol. The third-order valence-electron chi connectivity index (χ3n) is 5.56. The van der Waals surface area contributed by atoms with Crippen LogP contribution in [-0.2, 0) is 4.79 Å². The smallest absolute Gasteiger partial charge is 0.321 e. The van der Waals surface area contributed by atoms with Crippen LogP contribution in [0.1, 0.15) is 25.7 Å². The van der Waals surface area contributed by atoms with Crippen molar-refractivity contribution in [1.29, 1.82) is 0 Å². The first-order valence-electron chi connectivity index (χ1n) is 9.14. The van der Waals surface area contributed by atoms with Crippen molar-refractivity contribution in [3.63, 3.8) is 0 Å². The number of benzene rings is 1. The average Bonchev–Trinajstić information content (AvgIpc) is 2.66. The summed E-state index contributed by atoms with van der Waals surface area (Å²) in [6.07, 6.45) is 5.15. The van der Waals surface area contributed by atoms with E-state index in [1.165, 1.54) is 0 Å². The summed E-state index contributed by atoms with van der Waals surface area (Å²) < 4.78 is 5.29. The quantitative estimate of drug-likeness (QED) is 0.842. The van der Waals surface area contributed by atoms with Crippen molar-refractivity contribution in [2.75, 3.05) is 38.6 Å². The summed E-state index contributed by atoms with van der Waals surface area (Å²) in [4.78, 5) is 28.4. The van der Waals surface area contributed by atoms with Crippen LogP contribution < -0.4 is 10.1 Å². The first-order valence-corrected chi connectivity index (χ1v) is 9.14. The summed E-state index contributed by atoms with van der Waals surface area (Å²) in [5, 5.41) is 2.94. The molecule has 2 heterocycles. The first-order chi connectivity index (χ1) is 12.6. The van der Waals surface area contributed by atoms with Crippen LogP contribution in [0.3, 0.4) is 0 Å². The van der Waals surface area contributed by atoms with Gasteiger partial charge < -0.3 is 19.9 Å². The predicted molar refractivity (Wildman–Crippen MR) is 101 cm³/mol. The minimum absolute atomic E-state index is 0.0980. The Morgan fingerprint density at radius 3 is 2.73 bits per heavy atom. The molecule has 2 saturated heterocycles. The molecule has 0 saturated carbocycles. The SMILES string of the molecule is C=CCN1CC2(CCC1=O)CCN(C(=O)Nc1ccccc1OC)CC2. The largest absolute Gasteiger partial charge is 0.495 e. The molecule has 2 aliphatic heterocycles.